The smallest absolute Gasteiger partial charge is 0.202 e. The summed E-state index contributed by atoms with van der Waals surface area (Å²) in [5.74, 6) is 0.351. The van der Waals surface area contributed by atoms with Gasteiger partial charge in [-0.2, -0.15) is 5.21 Å². The topological polar surface area (TPSA) is 87.6 Å². The number of nitrogens with zero attached hydrogens (tertiary/aromatic N) is 4. The number of pyridine rings is 1. The molecule has 0 spiro atoms. The summed E-state index contributed by atoms with van der Waals surface area (Å²) in [4.78, 5) is 5.27. The first-order valence-electron chi connectivity index (χ1n) is 6.68. The molecular formula is C14H15N5OS. The van der Waals surface area contributed by atoms with Gasteiger partial charge < -0.3 is 5.11 Å². The van der Waals surface area contributed by atoms with Crippen molar-refractivity contribution in [3.63, 3.8) is 0 Å². The van der Waals surface area contributed by atoms with Crippen molar-refractivity contribution >= 4 is 11.3 Å². The largest absolute Gasteiger partial charge is 0.385 e. The maximum Gasteiger partial charge on any atom is 0.202 e. The third kappa shape index (κ3) is 3.71. The lowest BCUT2D eigenvalue weighted by Crippen LogP contribution is -2.01. The molecule has 3 heterocycles. The zero-order chi connectivity index (χ0) is 14.5. The Balaban J connectivity index is 1.55. The monoisotopic (exact) mass is 301 g/mol. The van der Waals surface area contributed by atoms with E-state index in [4.69, 9.17) is 0 Å². The first-order chi connectivity index (χ1) is 10.3. The van der Waals surface area contributed by atoms with Crippen LogP contribution in [0.5, 0.6) is 0 Å². The lowest BCUT2D eigenvalue weighted by molar-refractivity contribution is 0.158. The maximum atomic E-state index is 9.93. The van der Waals surface area contributed by atoms with Gasteiger partial charge in [0.05, 0.1) is 0 Å². The molecule has 108 valence electrons. The van der Waals surface area contributed by atoms with E-state index in [-0.39, 0.29) is 0 Å². The van der Waals surface area contributed by atoms with Crippen molar-refractivity contribution < 1.29 is 5.11 Å². The van der Waals surface area contributed by atoms with Crippen molar-refractivity contribution in [3.05, 3.63) is 57.8 Å². The van der Waals surface area contributed by atoms with Crippen LogP contribution in [0.25, 0.3) is 0 Å². The molecule has 0 fully saturated rings. The van der Waals surface area contributed by atoms with Gasteiger partial charge in [0.25, 0.3) is 0 Å². The van der Waals surface area contributed by atoms with Gasteiger partial charge in [0.1, 0.15) is 6.10 Å². The second kappa shape index (κ2) is 6.55. The third-order valence-corrected chi connectivity index (χ3v) is 4.23. The molecule has 3 aromatic rings. The van der Waals surface area contributed by atoms with Gasteiger partial charge >= 0.3 is 0 Å². The second-order valence-corrected chi connectivity index (χ2v) is 5.77. The van der Waals surface area contributed by atoms with E-state index in [1.54, 1.807) is 11.3 Å². The number of aromatic amines is 1. The van der Waals surface area contributed by atoms with Crippen LogP contribution in [0.4, 0.5) is 0 Å². The number of H-pyrrole nitrogens is 1. The van der Waals surface area contributed by atoms with Gasteiger partial charge in [-0.25, -0.2) is 0 Å². The van der Waals surface area contributed by atoms with Crippen molar-refractivity contribution in [1.29, 1.82) is 0 Å². The minimum Gasteiger partial charge on any atom is -0.385 e. The summed E-state index contributed by atoms with van der Waals surface area (Å²) in [6, 6.07) is 6.24. The number of rotatable bonds is 6. The van der Waals surface area contributed by atoms with Gasteiger partial charge in [-0.3, -0.25) is 4.98 Å². The molecule has 0 amide bonds. The van der Waals surface area contributed by atoms with Crippen molar-refractivity contribution in [3.8, 4) is 0 Å². The molecule has 0 bridgehead atoms. The highest BCUT2D eigenvalue weighted by Gasteiger charge is 2.13. The lowest BCUT2D eigenvalue weighted by atomic mass is 10.1. The Hall–Kier alpha value is -2.12. The van der Waals surface area contributed by atoms with E-state index in [0.717, 1.165) is 12.8 Å². The van der Waals surface area contributed by atoms with Crippen LogP contribution in [0.3, 0.4) is 0 Å². The molecule has 0 aliphatic rings. The fourth-order valence-electron chi connectivity index (χ4n) is 2.11. The molecule has 3 aromatic heterocycles. The second-order valence-electron chi connectivity index (χ2n) is 4.78. The normalized spacial score (nSPS) is 12.4. The first-order valence-corrected chi connectivity index (χ1v) is 7.56. The van der Waals surface area contributed by atoms with Crippen molar-refractivity contribution in [2.24, 2.45) is 0 Å². The third-order valence-electron chi connectivity index (χ3n) is 3.19. The highest BCUT2D eigenvalue weighted by atomic mass is 32.1. The van der Waals surface area contributed by atoms with Crippen LogP contribution in [0.15, 0.2) is 36.0 Å². The zero-order valence-corrected chi connectivity index (χ0v) is 12.1. The Kier molecular flexibility index (Phi) is 4.32. The molecule has 0 saturated carbocycles. The van der Waals surface area contributed by atoms with Crippen molar-refractivity contribution in [1.82, 2.24) is 25.6 Å². The summed E-state index contributed by atoms with van der Waals surface area (Å²) < 4.78 is 0. The average Bonchev–Trinajstić information content (AvgIpc) is 3.17. The molecule has 0 aliphatic carbocycles. The van der Waals surface area contributed by atoms with Gasteiger partial charge in [-0.1, -0.05) is 5.21 Å². The fourth-order valence-corrected chi connectivity index (χ4v) is 3.01. The summed E-state index contributed by atoms with van der Waals surface area (Å²) in [5, 5.41) is 25.5. The number of aromatic nitrogens is 5. The number of hydrogen-bond acceptors (Lipinski definition) is 6. The van der Waals surface area contributed by atoms with E-state index in [2.05, 4.69) is 37.1 Å². The van der Waals surface area contributed by atoms with Crippen LogP contribution in [0.1, 0.15) is 34.4 Å². The number of aryl methyl sites for hydroxylation is 1. The number of aliphatic hydroxyl groups excluding tert-OH is 1. The van der Waals surface area contributed by atoms with E-state index in [1.165, 1.54) is 16.0 Å². The van der Waals surface area contributed by atoms with Crippen LogP contribution in [-0.2, 0) is 12.8 Å². The molecule has 0 saturated heterocycles. The number of tetrazole rings is 1. The van der Waals surface area contributed by atoms with Gasteiger partial charge in [0.15, 0.2) is 0 Å². The summed E-state index contributed by atoms with van der Waals surface area (Å²) in [6.07, 6.45) is 5.25. The molecule has 0 radical (unpaired) electrons. The van der Waals surface area contributed by atoms with Crippen LogP contribution in [-0.4, -0.2) is 30.7 Å². The predicted molar refractivity (Wildman–Crippen MR) is 78.8 cm³/mol. The Labute approximate surface area is 125 Å². The number of hydrogen-bond donors (Lipinski definition) is 2. The van der Waals surface area contributed by atoms with Crippen LogP contribution in [0.2, 0.25) is 0 Å². The molecule has 2 N–H and O–H groups in total. The minimum absolute atomic E-state index is 0.351. The fraction of sp³-hybridized carbons (Fsp3) is 0.286. The molecule has 0 aromatic carbocycles. The van der Waals surface area contributed by atoms with Gasteiger partial charge in [0.2, 0.25) is 5.82 Å². The van der Waals surface area contributed by atoms with Gasteiger partial charge in [-0.05, 0) is 54.0 Å². The number of thiophene rings is 1. The quantitative estimate of drug-likeness (QED) is 0.726. The highest BCUT2D eigenvalue weighted by molar-refractivity contribution is 7.10. The Morgan fingerprint density at radius 1 is 1.24 bits per heavy atom. The molecule has 1 unspecified atom stereocenters. The summed E-state index contributed by atoms with van der Waals surface area (Å²) in [6.45, 7) is 0. The number of aliphatic hydroxyl groups is 1. The molecule has 7 heteroatoms. The summed E-state index contributed by atoms with van der Waals surface area (Å²) in [5.41, 5.74) is 2.54. The standard InChI is InChI=1S/C14H15N5OS/c20-13(14-16-18-19-17-14)2-1-12-8-11(9-21-12)7-10-3-5-15-6-4-10/h3-6,8-9,13,20H,1-2,7H2,(H,16,17,18,19). The SMILES string of the molecule is OC(CCc1cc(Cc2ccncc2)cs1)c1nn[nH]n1. The zero-order valence-electron chi connectivity index (χ0n) is 11.3. The maximum absolute atomic E-state index is 9.93. The molecule has 3 rings (SSSR count). The Morgan fingerprint density at radius 3 is 2.86 bits per heavy atom. The van der Waals surface area contributed by atoms with Crippen molar-refractivity contribution in [2.75, 3.05) is 0 Å². The van der Waals surface area contributed by atoms with Gasteiger partial charge in [0, 0.05) is 17.3 Å². The van der Waals surface area contributed by atoms with Gasteiger partial charge in [-0.15, -0.1) is 21.5 Å². The van der Waals surface area contributed by atoms with Crippen molar-refractivity contribution in [2.45, 2.75) is 25.4 Å². The van der Waals surface area contributed by atoms with Crippen LogP contribution >= 0.6 is 11.3 Å². The molecule has 21 heavy (non-hydrogen) atoms. The molecule has 0 aliphatic heterocycles. The Morgan fingerprint density at radius 2 is 2.10 bits per heavy atom. The number of nitrogens with one attached hydrogen (secondary N) is 1. The van der Waals surface area contributed by atoms with E-state index in [0.29, 0.717) is 12.2 Å². The van der Waals surface area contributed by atoms with E-state index >= 15 is 0 Å². The minimum atomic E-state index is -0.672. The van der Waals surface area contributed by atoms with Crippen LogP contribution in [0, 0.1) is 0 Å². The Bertz CT molecular complexity index is 668. The summed E-state index contributed by atoms with van der Waals surface area (Å²) in [7, 11) is 0. The average molecular weight is 301 g/mol. The molecule has 1 atom stereocenters. The van der Waals surface area contributed by atoms with E-state index < -0.39 is 6.10 Å². The molecule has 6 nitrogen and oxygen atoms in total. The predicted octanol–water partition coefficient (Wildman–Crippen LogP) is 1.91. The van der Waals surface area contributed by atoms with E-state index in [1.807, 2.05) is 24.5 Å². The first kappa shape index (κ1) is 13.8. The highest BCUT2D eigenvalue weighted by Crippen LogP contribution is 2.22. The molecular weight excluding hydrogens is 286 g/mol. The summed E-state index contributed by atoms with van der Waals surface area (Å²) >= 11 is 1.72. The van der Waals surface area contributed by atoms with Crippen LogP contribution < -0.4 is 0 Å². The van der Waals surface area contributed by atoms with E-state index in [9.17, 15) is 5.11 Å². The lowest BCUT2D eigenvalue weighted by Gasteiger charge is -2.03.